The first kappa shape index (κ1) is 28.0. The Balaban J connectivity index is 1.67. The zero-order valence-corrected chi connectivity index (χ0v) is 23.4. The van der Waals surface area contributed by atoms with Gasteiger partial charge in [-0.1, -0.05) is 32.1 Å². The molecule has 12 heteroatoms. The number of amides is 2. The lowest BCUT2D eigenvalue weighted by Gasteiger charge is -2.34. The lowest BCUT2D eigenvalue weighted by Crippen LogP contribution is -2.49. The first-order valence-electron chi connectivity index (χ1n) is 12.8. The third kappa shape index (κ3) is 5.70. The number of methoxy groups -OCH3 is 1. The molecule has 1 aliphatic heterocycles. The van der Waals surface area contributed by atoms with Crippen LogP contribution in [0.5, 0.6) is 6.01 Å². The second-order valence-corrected chi connectivity index (χ2v) is 10.8. The number of likely N-dealkylation sites (N-methyl/N-ethyl adjacent to an activating group) is 1. The van der Waals surface area contributed by atoms with Crippen molar-refractivity contribution in [1.29, 1.82) is 0 Å². The minimum Gasteiger partial charge on any atom is -0.467 e. The van der Waals surface area contributed by atoms with Crippen molar-refractivity contribution < 1.29 is 19.4 Å². The van der Waals surface area contributed by atoms with Gasteiger partial charge in [0.2, 0.25) is 11.8 Å². The maximum absolute atomic E-state index is 13.9. The molecule has 3 aromatic rings. The average Bonchev–Trinajstić information content (AvgIpc) is 3.54. The van der Waals surface area contributed by atoms with E-state index < -0.39 is 23.6 Å². The largest absolute Gasteiger partial charge is 0.467 e. The van der Waals surface area contributed by atoms with Gasteiger partial charge >= 0.3 is 6.01 Å². The van der Waals surface area contributed by atoms with Crippen LogP contribution >= 0.6 is 0 Å². The molecule has 2 aromatic heterocycles. The topological polar surface area (TPSA) is 139 Å². The van der Waals surface area contributed by atoms with Gasteiger partial charge in [0, 0.05) is 44.5 Å². The highest BCUT2D eigenvalue weighted by atomic mass is 16.5. The minimum absolute atomic E-state index is 0.0897. The summed E-state index contributed by atoms with van der Waals surface area (Å²) in [6.45, 7) is 7.89. The van der Waals surface area contributed by atoms with Crippen LogP contribution in [0, 0.1) is 12.3 Å². The summed E-state index contributed by atoms with van der Waals surface area (Å²) in [6, 6.07) is 6.55. The lowest BCUT2D eigenvalue weighted by molar-refractivity contribution is -0.144. The van der Waals surface area contributed by atoms with Crippen molar-refractivity contribution in [2.24, 2.45) is 5.41 Å². The Hall–Kier alpha value is -4.06. The maximum atomic E-state index is 13.9. The quantitative estimate of drug-likeness (QED) is 0.465. The molecule has 2 N–H and O–H groups in total. The monoisotopic (exact) mass is 536 g/mol. The Kier molecular flexibility index (Phi) is 7.86. The number of benzene rings is 1. The molecule has 0 radical (unpaired) electrons. The van der Waals surface area contributed by atoms with Crippen LogP contribution in [-0.4, -0.2) is 86.7 Å². The summed E-state index contributed by atoms with van der Waals surface area (Å²) in [5.41, 5.74) is 2.77. The van der Waals surface area contributed by atoms with E-state index in [1.807, 2.05) is 57.8 Å². The predicted octanol–water partition coefficient (Wildman–Crippen LogP) is 2.12. The van der Waals surface area contributed by atoms with Crippen molar-refractivity contribution in [2.75, 3.05) is 32.6 Å². The van der Waals surface area contributed by atoms with Crippen LogP contribution in [0.1, 0.15) is 38.8 Å². The number of nitrogens with one attached hydrogen (secondary N) is 1. The molecule has 1 aliphatic rings. The van der Waals surface area contributed by atoms with Gasteiger partial charge in [-0.2, -0.15) is 4.98 Å². The highest BCUT2D eigenvalue weighted by Gasteiger charge is 2.45. The number of hydrogen-bond donors (Lipinski definition) is 2. The summed E-state index contributed by atoms with van der Waals surface area (Å²) < 4.78 is 6.72. The number of aromatic nitrogens is 5. The van der Waals surface area contributed by atoms with E-state index in [0.29, 0.717) is 11.5 Å². The van der Waals surface area contributed by atoms with Gasteiger partial charge in [0.05, 0.1) is 19.4 Å². The predicted molar refractivity (Wildman–Crippen MR) is 146 cm³/mol. The first-order valence-corrected chi connectivity index (χ1v) is 12.8. The third-order valence-electron chi connectivity index (χ3n) is 6.97. The number of anilines is 2. The van der Waals surface area contributed by atoms with Crippen LogP contribution in [0.4, 0.5) is 11.5 Å². The van der Waals surface area contributed by atoms with Crippen LogP contribution in [0.25, 0.3) is 11.3 Å². The van der Waals surface area contributed by atoms with Gasteiger partial charge in [0.25, 0.3) is 0 Å². The molecule has 39 heavy (non-hydrogen) atoms. The molecule has 1 saturated heterocycles. The number of hydrogen-bond acceptors (Lipinski definition) is 9. The molecule has 2 unspecified atom stereocenters. The highest BCUT2D eigenvalue weighted by Crippen LogP contribution is 2.36. The fraction of sp³-hybridized carbons (Fsp3) is 0.481. The number of carbonyl (C=O) groups excluding carboxylic acids is 2. The number of ether oxygens (including phenoxy) is 1. The molecule has 0 bridgehead atoms. The summed E-state index contributed by atoms with van der Waals surface area (Å²) in [4.78, 5) is 38.2. The minimum atomic E-state index is -0.764. The molecule has 1 fully saturated rings. The van der Waals surface area contributed by atoms with Crippen molar-refractivity contribution >= 4 is 23.3 Å². The molecule has 0 saturated carbocycles. The van der Waals surface area contributed by atoms with E-state index in [2.05, 4.69) is 25.6 Å². The molecule has 0 spiro atoms. The number of carbonyl (C=O) groups is 2. The maximum Gasteiger partial charge on any atom is 0.318 e. The molecule has 4 rings (SSSR count). The number of likely N-dealkylation sites (tertiary alicyclic amines) is 1. The van der Waals surface area contributed by atoms with E-state index >= 15 is 0 Å². The van der Waals surface area contributed by atoms with Crippen LogP contribution in [0.15, 0.2) is 36.7 Å². The summed E-state index contributed by atoms with van der Waals surface area (Å²) in [7, 11) is 4.94. The van der Waals surface area contributed by atoms with Crippen molar-refractivity contribution in [3.05, 3.63) is 42.2 Å². The van der Waals surface area contributed by atoms with Crippen molar-refractivity contribution in [3.8, 4) is 17.3 Å². The van der Waals surface area contributed by atoms with Gasteiger partial charge in [-0.3, -0.25) is 9.59 Å². The third-order valence-corrected chi connectivity index (χ3v) is 6.97. The molecular weight excluding hydrogens is 500 g/mol. The lowest BCUT2D eigenvalue weighted by atomic mass is 9.85. The molecule has 1 aromatic carbocycles. The van der Waals surface area contributed by atoms with E-state index in [0.717, 1.165) is 16.8 Å². The molecule has 12 nitrogen and oxygen atoms in total. The standard InChI is InChI=1S/C27H36N8O4/c1-16-8-9-17(33(6)22-10-11-29-26(30-22)39-7)12-19(16)20-15-35(32-31-20)23(27(2,3)4)25(38)34-14-18(36)13-21(34)24(37)28-5/h8-12,15,18,21,23,36H,13-14H2,1-7H3,(H,28,37)/t18?,21-,23?/m1/s1. The van der Waals surface area contributed by atoms with Crippen molar-refractivity contribution in [2.45, 2.75) is 52.3 Å². The SMILES string of the molecule is CNC(=O)[C@H]1CC(O)CN1C(=O)C(n1cc(-c2cc(N(C)c3ccnc(OC)n3)ccc2C)nn1)C(C)(C)C. The molecule has 3 heterocycles. The average molecular weight is 537 g/mol. The first-order chi connectivity index (χ1) is 18.4. The van der Waals surface area contributed by atoms with Crippen molar-refractivity contribution in [3.63, 3.8) is 0 Å². The van der Waals surface area contributed by atoms with Gasteiger partial charge in [0.1, 0.15) is 23.6 Å². The molecule has 3 atom stereocenters. The van der Waals surface area contributed by atoms with E-state index in [4.69, 9.17) is 4.74 Å². The van der Waals surface area contributed by atoms with Gasteiger partial charge in [0.15, 0.2) is 0 Å². The number of aryl methyl sites for hydroxylation is 1. The van der Waals surface area contributed by atoms with Crippen LogP contribution in [0.3, 0.4) is 0 Å². The number of aliphatic hydroxyl groups is 1. The summed E-state index contributed by atoms with van der Waals surface area (Å²) >= 11 is 0. The Labute approximate surface area is 228 Å². The molecule has 208 valence electrons. The Morgan fingerprint density at radius 3 is 2.67 bits per heavy atom. The molecule has 2 amide bonds. The molecular formula is C27H36N8O4. The number of nitrogens with zero attached hydrogens (tertiary/aromatic N) is 7. The van der Waals surface area contributed by atoms with Crippen LogP contribution in [0.2, 0.25) is 0 Å². The summed E-state index contributed by atoms with van der Waals surface area (Å²) in [5.74, 6) is 0.0777. The van der Waals surface area contributed by atoms with Crippen molar-refractivity contribution in [1.82, 2.24) is 35.2 Å². The summed E-state index contributed by atoms with van der Waals surface area (Å²) in [6.07, 6.45) is 2.83. The normalized spacial score (nSPS) is 18.1. The van der Waals surface area contributed by atoms with Gasteiger partial charge in [-0.15, -0.1) is 5.10 Å². The fourth-order valence-corrected chi connectivity index (χ4v) is 4.88. The van der Waals surface area contributed by atoms with E-state index in [1.54, 1.807) is 23.1 Å². The smallest absolute Gasteiger partial charge is 0.318 e. The second-order valence-electron chi connectivity index (χ2n) is 10.8. The second kappa shape index (κ2) is 11.0. The zero-order valence-electron chi connectivity index (χ0n) is 23.4. The Morgan fingerprint density at radius 2 is 2.00 bits per heavy atom. The van der Waals surface area contributed by atoms with Gasteiger partial charge < -0.3 is 25.0 Å². The van der Waals surface area contributed by atoms with E-state index in [1.165, 1.54) is 19.1 Å². The Morgan fingerprint density at radius 1 is 1.26 bits per heavy atom. The highest BCUT2D eigenvalue weighted by molar-refractivity contribution is 5.90. The van der Waals surface area contributed by atoms with E-state index in [-0.39, 0.29) is 30.8 Å². The molecule has 0 aliphatic carbocycles. The number of β-amino-alcohol motifs (C(OH)–C–C–N with tert-alkyl or cyclic N) is 1. The van der Waals surface area contributed by atoms with Crippen LogP contribution < -0.4 is 15.0 Å². The van der Waals surface area contributed by atoms with Crippen LogP contribution in [-0.2, 0) is 9.59 Å². The summed E-state index contributed by atoms with van der Waals surface area (Å²) in [5, 5.41) is 21.6. The zero-order chi connectivity index (χ0) is 28.5. The number of aliphatic hydroxyl groups excluding tert-OH is 1. The van der Waals surface area contributed by atoms with Gasteiger partial charge in [-0.25, -0.2) is 9.67 Å². The van der Waals surface area contributed by atoms with E-state index in [9.17, 15) is 14.7 Å². The van der Waals surface area contributed by atoms with Gasteiger partial charge in [-0.05, 0) is 36.1 Å². The Bertz CT molecular complexity index is 1350. The number of rotatable bonds is 7. The fourth-order valence-electron chi connectivity index (χ4n) is 4.88.